The number of nitrogens with two attached hydrogens (primary N) is 1. The normalized spacial score (nSPS) is 26.7. The molecule has 2 fully saturated rings. The number of urea groups is 1. The fourth-order valence-corrected chi connectivity index (χ4v) is 4.89. The largest absolute Gasteiger partial charge is 0.366 e. The van der Waals surface area contributed by atoms with Crippen molar-refractivity contribution >= 4 is 17.6 Å². The lowest BCUT2D eigenvalue weighted by atomic mass is 9.69. The fourth-order valence-electron chi connectivity index (χ4n) is 4.89. The van der Waals surface area contributed by atoms with Gasteiger partial charge in [0.15, 0.2) is 0 Å². The monoisotopic (exact) mass is 392 g/mol. The lowest BCUT2D eigenvalue weighted by Crippen LogP contribution is -2.54. The smallest absolute Gasteiger partial charge is 0.322 e. The Balaban J connectivity index is 1.53. The Labute approximate surface area is 171 Å². The second-order valence-electron chi connectivity index (χ2n) is 8.50. The molecule has 152 valence electrons. The molecule has 1 aliphatic carbocycles. The number of hydrogen-bond donors (Lipinski definition) is 2. The number of hydrogen-bond acceptors (Lipinski definition) is 3. The van der Waals surface area contributed by atoms with Gasteiger partial charge in [-0.3, -0.25) is 14.6 Å². The van der Waals surface area contributed by atoms with Crippen LogP contribution in [0.3, 0.4) is 0 Å². The van der Waals surface area contributed by atoms with Gasteiger partial charge in [0, 0.05) is 16.8 Å². The topological polar surface area (TPSA) is 78.7 Å². The van der Waals surface area contributed by atoms with Gasteiger partial charge in [0.1, 0.15) is 0 Å². The highest BCUT2D eigenvalue weighted by atomic mass is 16.2. The minimum absolute atomic E-state index is 0.00616. The van der Waals surface area contributed by atoms with E-state index in [1.165, 1.54) is 5.56 Å². The molecular weight excluding hydrogens is 364 g/mol. The molecule has 0 atom stereocenters. The summed E-state index contributed by atoms with van der Waals surface area (Å²) in [7, 11) is 4.29. The fraction of sp³-hybridized carbons (Fsp3) is 0.391. The molecule has 3 N–H and O–H groups in total. The highest BCUT2D eigenvalue weighted by molar-refractivity contribution is 5.97. The van der Waals surface area contributed by atoms with Gasteiger partial charge in [0.05, 0.1) is 12.1 Å². The van der Waals surface area contributed by atoms with E-state index in [9.17, 15) is 9.59 Å². The number of rotatable bonds is 4. The summed E-state index contributed by atoms with van der Waals surface area (Å²) in [5.74, 6) is -0.466. The van der Waals surface area contributed by atoms with Crippen LogP contribution in [-0.2, 0) is 5.54 Å². The lowest BCUT2D eigenvalue weighted by Gasteiger charge is -2.48. The maximum Gasteiger partial charge on any atom is 0.322 e. The van der Waals surface area contributed by atoms with Gasteiger partial charge in [-0.1, -0.05) is 30.3 Å². The molecule has 3 amide bonds. The Kier molecular flexibility index (Phi) is 4.82. The molecule has 1 saturated carbocycles. The third-order valence-corrected chi connectivity index (χ3v) is 6.74. The van der Waals surface area contributed by atoms with Crippen molar-refractivity contribution in [1.29, 1.82) is 0 Å². The zero-order valence-corrected chi connectivity index (χ0v) is 17.0. The average molecular weight is 393 g/mol. The number of nitrogens with zero attached hydrogens (tertiary/aromatic N) is 2. The molecule has 2 aliphatic rings. The van der Waals surface area contributed by atoms with E-state index in [4.69, 9.17) is 5.73 Å². The number of nitrogens with one attached hydrogen (secondary N) is 1. The lowest BCUT2D eigenvalue weighted by molar-refractivity contribution is 0.0658. The molecule has 4 rings (SSSR count). The molecule has 1 aliphatic heterocycles. The van der Waals surface area contributed by atoms with E-state index in [1.807, 2.05) is 0 Å². The summed E-state index contributed by atoms with van der Waals surface area (Å²) >= 11 is 0. The van der Waals surface area contributed by atoms with Gasteiger partial charge in [-0.2, -0.15) is 0 Å². The van der Waals surface area contributed by atoms with Crippen molar-refractivity contribution in [1.82, 2.24) is 10.2 Å². The van der Waals surface area contributed by atoms with Gasteiger partial charge >= 0.3 is 6.03 Å². The minimum Gasteiger partial charge on any atom is -0.366 e. The summed E-state index contributed by atoms with van der Waals surface area (Å²) < 4.78 is 0. The van der Waals surface area contributed by atoms with Crippen molar-refractivity contribution in [2.45, 2.75) is 36.8 Å². The van der Waals surface area contributed by atoms with Crippen LogP contribution in [0.1, 0.15) is 41.6 Å². The van der Waals surface area contributed by atoms with Crippen LogP contribution in [0, 0.1) is 0 Å². The van der Waals surface area contributed by atoms with Crippen LogP contribution in [0.15, 0.2) is 54.6 Å². The number of carbonyl (C=O) groups is 2. The average Bonchev–Trinajstić information content (AvgIpc) is 3.05. The number of amides is 3. The van der Waals surface area contributed by atoms with Crippen LogP contribution in [0.25, 0.3) is 0 Å². The molecule has 2 aromatic carbocycles. The van der Waals surface area contributed by atoms with E-state index >= 15 is 0 Å². The van der Waals surface area contributed by atoms with Crippen molar-refractivity contribution in [2.75, 3.05) is 25.5 Å². The van der Waals surface area contributed by atoms with Gasteiger partial charge in [0.25, 0.3) is 0 Å². The molecule has 1 heterocycles. The van der Waals surface area contributed by atoms with Crippen LogP contribution in [-0.4, -0.2) is 43.0 Å². The van der Waals surface area contributed by atoms with Crippen LogP contribution in [0.4, 0.5) is 10.5 Å². The second kappa shape index (κ2) is 7.19. The number of primary amides is 1. The predicted octanol–water partition coefficient (Wildman–Crippen LogP) is 3.09. The van der Waals surface area contributed by atoms with Crippen molar-refractivity contribution in [2.24, 2.45) is 5.73 Å². The van der Waals surface area contributed by atoms with Crippen LogP contribution < -0.4 is 16.0 Å². The molecule has 0 unspecified atom stereocenters. The summed E-state index contributed by atoms with van der Waals surface area (Å²) in [5, 5.41) is 3.26. The third kappa shape index (κ3) is 3.38. The van der Waals surface area contributed by atoms with E-state index in [-0.39, 0.29) is 17.1 Å². The Bertz CT molecular complexity index is 900. The Morgan fingerprint density at radius 2 is 1.62 bits per heavy atom. The first-order valence-electron chi connectivity index (χ1n) is 10.1. The highest BCUT2D eigenvalue weighted by Crippen LogP contribution is 2.46. The zero-order chi connectivity index (χ0) is 20.6. The van der Waals surface area contributed by atoms with E-state index in [2.05, 4.69) is 54.6 Å². The van der Waals surface area contributed by atoms with Gasteiger partial charge < -0.3 is 11.1 Å². The third-order valence-electron chi connectivity index (χ3n) is 6.74. The number of benzene rings is 2. The summed E-state index contributed by atoms with van der Waals surface area (Å²) in [6.45, 7) is 0.639. The second-order valence-corrected chi connectivity index (χ2v) is 8.50. The van der Waals surface area contributed by atoms with Crippen LogP contribution in [0.2, 0.25) is 0 Å². The Hall–Kier alpha value is -2.86. The van der Waals surface area contributed by atoms with Crippen molar-refractivity contribution < 1.29 is 9.59 Å². The van der Waals surface area contributed by atoms with Crippen molar-refractivity contribution in [3.8, 4) is 0 Å². The van der Waals surface area contributed by atoms with Gasteiger partial charge in [-0.25, -0.2) is 4.79 Å². The first-order chi connectivity index (χ1) is 13.9. The molecule has 1 spiro atoms. The summed E-state index contributed by atoms with van der Waals surface area (Å²) in [6, 6.07) is 17.5. The van der Waals surface area contributed by atoms with Crippen molar-refractivity contribution in [3.05, 3.63) is 65.7 Å². The maximum absolute atomic E-state index is 12.7. The zero-order valence-electron chi connectivity index (χ0n) is 17.0. The molecule has 0 radical (unpaired) electrons. The standard InChI is InChI=1S/C23H28N4O2/c1-26(2)23(18-6-4-3-5-7-18)14-12-22(13-15-23)16-27(21(29)25-22)19-10-8-17(9-11-19)20(24)28/h3-11H,12-16H2,1-2H3,(H2,24,28)(H,25,29)/t22-,23+. The molecule has 29 heavy (non-hydrogen) atoms. The maximum atomic E-state index is 12.7. The SMILES string of the molecule is CN(C)[C@]1(c2ccccc2)CC[C@]2(CC1)CN(c1ccc(C(N)=O)cc1)C(=O)N2. The van der Waals surface area contributed by atoms with Crippen molar-refractivity contribution in [3.63, 3.8) is 0 Å². The predicted molar refractivity (Wildman–Crippen MR) is 114 cm³/mol. The Morgan fingerprint density at radius 3 is 2.17 bits per heavy atom. The molecule has 0 aromatic heterocycles. The van der Waals surface area contributed by atoms with Crippen LogP contribution in [0.5, 0.6) is 0 Å². The van der Waals surface area contributed by atoms with Gasteiger partial charge in [0.2, 0.25) is 5.91 Å². The number of carbonyl (C=O) groups excluding carboxylic acids is 2. The van der Waals surface area contributed by atoms with E-state index in [0.717, 1.165) is 31.4 Å². The quantitative estimate of drug-likeness (QED) is 0.839. The molecule has 6 nitrogen and oxygen atoms in total. The minimum atomic E-state index is -0.466. The van der Waals surface area contributed by atoms with Crippen LogP contribution >= 0.6 is 0 Å². The summed E-state index contributed by atoms with van der Waals surface area (Å²) in [5.41, 5.74) is 7.67. The Morgan fingerprint density at radius 1 is 1.00 bits per heavy atom. The molecular formula is C23H28N4O2. The van der Waals surface area contributed by atoms with E-state index in [1.54, 1.807) is 29.2 Å². The van der Waals surface area contributed by atoms with Gasteiger partial charge in [-0.05, 0) is 69.6 Å². The summed E-state index contributed by atoms with van der Waals surface area (Å²) in [4.78, 5) is 28.1. The number of anilines is 1. The first kappa shape index (κ1) is 19.5. The summed E-state index contributed by atoms with van der Waals surface area (Å²) in [6.07, 6.45) is 3.81. The molecule has 2 aromatic rings. The molecule has 0 bridgehead atoms. The van der Waals surface area contributed by atoms with E-state index in [0.29, 0.717) is 12.1 Å². The van der Waals surface area contributed by atoms with Gasteiger partial charge in [-0.15, -0.1) is 0 Å². The molecule has 6 heteroatoms. The first-order valence-corrected chi connectivity index (χ1v) is 10.1. The van der Waals surface area contributed by atoms with E-state index < -0.39 is 5.91 Å². The highest BCUT2D eigenvalue weighted by Gasteiger charge is 2.50. The molecule has 1 saturated heterocycles.